The molecule has 9 heteroatoms. The van der Waals surface area contributed by atoms with E-state index in [0.717, 1.165) is 17.3 Å². The number of amidine groups is 1. The summed E-state index contributed by atoms with van der Waals surface area (Å²) < 4.78 is 13.6. The third kappa shape index (κ3) is 4.65. The van der Waals surface area contributed by atoms with Crippen LogP contribution < -0.4 is 15.1 Å². The molecule has 0 aliphatic carbocycles. The van der Waals surface area contributed by atoms with Gasteiger partial charge in [-0.3, -0.25) is 24.2 Å². The molecule has 0 bridgehead atoms. The van der Waals surface area contributed by atoms with E-state index in [0.29, 0.717) is 22.2 Å². The van der Waals surface area contributed by atoms with E-state index in [4.69, 9.17) is 0 Å². The number of rotatable bonds is 4. The highest BCUT2D eigenvalue weighted by atomic mass is 32.2. The Morgan fingerprint density at radius 1 is 1.00 bits per heavy atom. The van der Waals surface area contributed by atoms with Gasteiger partial charge in [0.25, 0.3) is 5.91 Å². The minimum absolute atomic E-state index is 0.0759. The summed E-state index contributed by atoms with van der Waals surface area (Å²) in [6.07, 6.45) is 1.67. The summed E-state index contributed by atoms with van der Waals surface area (Å²) in [5.74, 6) is -1.49. The molecule has 5 rings (SSSR count). The summed E-state index contributed by atoms with van der Waals surface area (Å²) in [6.45, 7) is 3.37. The third-order valence-electron chi connectivity index (χ3n) is 6.10. The van der Waals surface area contributed by atoms with Crippen LogP contribution in [0.1, 0.15) is 19.4 Å². The average Bonchev–Trinajstić information content (AvgIpc) is 3.19. The molecule has 186 valence electrons. The first-order valence-corrected chi connectivity index (χ1v) is 12.6. The Hall–Kier alpha value is -4.24. The van der Waals surface area contributed by atoms with Crippen LogP contribution in [0.15, 0.2) is 89.6 Å². The fraction of sp³-hybridized carbons (Fsp3) is 0.143. The van der Waals surface area contributed by atoms with Crippen LogP contribution >= 0.6 is 11.8 Å². The number of carbonyl (C=O) groups excluding carboxylic acids is 3. The van der Waals surface area contributed by atoms with Gasteiger partial charge in [-0.25, -0.2) is 9.38 Å². The molecule has 0 atom stereocenters. The van der Waals surface area contributed by atoms with Crippen molar-refractivity contribution in [2.75, 3.05) is 20.9 Å². The molecule has 0 unspecified atom stereocenters. The molecule has 1 N–H and O–H groups in total. The second-order valence-corrected chi connectivity index (χ2v) is 9.94. The van der Waals surface area contributed by atoms with Crippen LogP contribution in [0.5, 0.6) is 0 Å². The maximum atomic E-state index is 13.6. The molecule has 0 spiro atoms. The van der Waals surface area contributed by atoms with Crippen molar-refractivity contribution in [2.45, 2.75) is 19.4 Å². The number of halogens is 1. The molecule has 37 heavy (non-hydrogen) atoms. The standard InChI is InChI=1S/C28H23FN4O3S/c1-28(2)26(36)30-21-10-6-7-11-23(21)33(28)24(34)17-37-27-31-22(16-18-8-4-3-5-9-18)25(35)32(27)20-14-12-19(29)13-15-20/h3-16H,17H2,1-2H3,(H,30,36). The van der Waals surface area contributed by atoms with Gasteiger partial charge in [0.05, 0.1) is 22.8 Å². The summed E-state index contributed by atoms with van der Waals surface area (Å²) in [6, 6.07) is 21.9. The van der Waals surface area contributed by atoms with Gasteiger partial charge in [0.1, 0.15) is 17.1 Å². The van der Waals surface area contributed by atoms with Crippen LogP contribution in [0.25, 0.3) is 6.08 Å². The number of carbonyl (C=O) groups is 3. The molecule has 7 nitrogen and oxygen atoms in total. The Kier molecular flexibility index (Phi) is 6.39. The van der Waals surface area contributed by atoms with Gasteiger partial charge >= 0.3 is 0 Å². The minimum atomic E-state index is -1.12. The Bertz CT molecular complexity index is 1450. The summed E-state index contributed by atoms with van der Waals surface area (Å²) in [5, 5.41) is 3.14. The number of nitrogens with one attached hydrogen (secondary N) is 1. The van der Waals surface area contributed by atoms with E-state index in [9.17, 15) is 18.8 Å². The maximum absolute atomic E-state index is 13.6. The van der Waals surface area contributed by atoms with Crippen molar-refractivity contribution in [3.63, 3.8) is 0 Å². The second kappa shape index (κ2) is 9.67. The number of para-hydroxylation sites is 2. The zero-order valence-electron chi connectivity index (χ0n) is 20.1. The predicted octanol–water partition coefficient (Wildman–Crippen LogP) is 5.07. The van der Waals surface area contributed by atoms with E-state index >= 15 is 0 Å². The maximum Gasteiger partial charge on any atom is 0.283 e. The van der Waals surface area contributed by atoms with Gasteiger partial charge in [0.2, 0.25) is 11.8 Å². The van der Waals surface area contributed by atoms with Gasteiger partial charge in [-0.05, 0) is 61.9 Å². The Morgan fingerprint density at radius 2 is 1.68 bits per heavy atom. The highest BCUT2D eigenvalue weighted by Gasteiger charge is 2.44. The second-order valence-electron chi connectivity index (χ2n) is 9.00. The van der Waals surface area contributed by atoms with Gasteiger partial charge in [-0.15, -0.1) is 0 Å². The number of aliphatic imine (C=N–C) groups is 1. The van der Waals surface area contributed by atoms with E-state index in [1.165, 1.54) is 34.1 Å². The lowest BCUT2D eigenvalue weighted by atomic mass is 9.96. The number of anilines is 3. The number of benzene rings is 3. The molecule has 2 heterocycles. The van der Waals surface area contributed by atoms with E-state index in [2.05, 4.69) is 10.3 Å². The topological polar surface area (TPSA) is 82.1 Å². The predicted molar refractivity (Wildman–Crippen MR) is 145 cm³/mol. The lowest BCUT2D eigenvalue weighted by Crippen LogP contribution is -2.59. The third-order valence-corrected chi connectivity index (χ3v) is 7.02. The van der Waals surface area contributed by atoms with E-state index in [1.54, 1.807) is 44.2 Å². The summed E-state index contributed by atoms with van der Waals surface area (Å²) >= 11 is 1.09. The molecule has 0 radical (unpaired) electrons. The van der Waals surface area contributed by atoms with Gasteiger partial charge in [0.15, 0.2) is 5.17 Å². The van der Waals surface area contributed by atoms with Crippen molar-refractivity contribution in [1.29, 1.82) is 0 Å². The molecular weight excluding hydrogens is 491 g/mol. The zero-order chi connectivity index (χ0) is 26.2. The number of hydrogen-bond acceptors (Lipinski definition) is 5. The molecule has 0 fully saturated rings. The fourth-order valence-corrected chi connectivity index (χ4v) is 5.07. The molecule has 0 aromatic heterocycles. The SMILES string of the molecule is CC1(C)C(=O)Nc2ccccc2N1C(=O)CSC1=NC(=Cc2ccccc2)C(=O)N1c1ccc(F)cc1. The molecule has 3 amide bonds. The number of thioether (sulfide) groups is 1. The molecule has 2 aliphatic heterocycles. The van der Waals surface area contributed by atoms with Crippen molar-refractivity contribution in [3.05, 3.63) is 95.9 Å². The van der Waals surface area contributed by atoms with Crippen LogP contribution in [0.4, 0.5) is 21.5 Å². The first-order valence-electron chi connectivity index (χ1n) is 11.6. The number of nitrogens with zero attached hydrogens (tertiary/aromatic N) is 3. The van der Waals surface area contributed by atoms with Crippen LogP contribution in [0.2, 0.25) is 0 Å². The van der Waals surface area contributed by atoms with Crippen molar-refractivity contribution >= 4 is 57.8 Å². The van der Waals surface area contributed by atoms with Crippen molar-refractivity contribution in [2.24, 2.45) is 4.99 Å². The van der Waals surface area contributed by atoms with Crippen molar-refractivity contribution in [1.82, 2.24) is 0 Å². The summed E-state index contributed by atoms with van der Waals surface area (Å²) in [5.41, 5.74) is 1.47. The first kappa shape index (κ1) is 24.5. The first-order chi connectivity index (χ1) is 17.8. The van der Waals surface area contributed by atoms with E-state index in [1.807, 2.05) is 30.3 Å². The number of fused-ring (bicyclic) bond motifs is 1. The highest BCUT2D eigenvalue weighted by molar-refractivity contribution is 8.14. The molecular formula is C28H23FN4O3S. The summed E-state index contributed by atoms with van der Waals surface area (Å²) in [4.78, 5) is 47.0. The Balaban J connectivity index is 1.45. The quantitative estimate of drug-likeness (QED) is 0.493. The highest BCUT2D eigenvalue weighted by Crippen LogP contribution is 2.37. The lowest BCUT2D eigenvalue weighted by Gasteiger charge is -2.42. The monoisotopic (exact) mass is 514 g/mol. The normalized spacial score (nSPS) is 17.5. The van der Waals surface area contributed by atoms with Gasteiger partial charge in [0, 0.05) is 0 Å². The van der Waals surface area contributed by atoms with Crippen LogP contribution in [0, 0.1) is 5.82 Å². The number of amides is 3. The Morgan fingerprint density at radius 3 is 2.41 bits per heavy atom. The Labute approximate surface area is 217 Å². The van der Waals surface area contributed by atoms with Gasteiger partial charge < -0.3 is 5.32 Å². The molecule has 2 aliphatic rings. The smallest absolute Gasteiger partial charge is 0.283 e. The zero-order valence-corrected chi connectivity index (χ0v) is 21.0. The fourth-order valence-electron chi connectivity index (χ4n) is 4.21. The van der Waals surface area contributed by atoms with Crippen LogP contribution in [-0.4, -0.2) is 34.2 Å². The number of hydrogen-bond donors (Lipinski definition) is 1. The molecule has 0 saturated carbocycles. The molecule has 0 saturated heterocycles. The van der Waals surface area contributed by atoms with Crippen LogP contribution in [0.3, 0.4) is 0 Å². The van der Waals surface area contributed by atoms with Crippen LogP contribution in [-0.2, 0) is 14.4 Å². The average molecular weight is 515 g/mol. The molecule has 3 aromatic rings. The summed E-state index contributed by atoms with van der Waals surface area (Å²) in [7, 11) is 0. The minimum Gasteiger partial charge on any atom is -0.322 e. The van der Waals surface area contributed by atoms with Gasteiger partial charge in [-0.2, -0.15) is 0 Å². The lowest BCUT2D eigenvalue weighted by molar-refractivity contribution is -0.125. The van der Waals surface area contributed by atoms with E-state index < -0.39 is 11.4 Å². The van der Waals surface area contributed by atoms with Crippen molar-refractivity contribution in [3.8, 4) is 0 Å². The van der Waals surface area contributed by atoms with Gasteiger partial charge in [-0.1, -0.05) is 54.2 Å². The van der Waals surface area contributed by atoms with E-state index in [-0.39, 0.29) is 29.2 Å². The largest absolute Gasteiger partial charge is 0.322 e. The molecule has 3 aromatic carbocycles. The van der Waals surface area contributed by atoms with Crippen molar-refractivity contribution < 1.29 is 18.8 Å².